The van der Waals surface area contributed by atoms with E-state index in [1.807, 2.05) is 0 Å². The summed E-state index contributed by atoms with van der Waals surface area (Å²) in [4.78, 5) is 56.1. The Bertz CT molecular complexity index is 4360. The fourth-order valence-electron chi connectivity index (χ4n) is 11.8. The number of ether oxygens (including phenoxy) is 6. The molecule has 0 radical (unpaired) electrons. The van der Waals surface area contributed by atoms with E-state index in [0.29, 0.717) is 30.4 Å². The minimum absolute atomic E-state index is 0.00521. The van der Waals surface area contributed by atoms with Crippen LogP contribution < -0.4 is 4.90 Å². The molecule has 2 unspecified atom stereocenters. The molecule has 4 aromatic rings. The minimum Gasteiger partial charge on any atom is -0.506 e. The molecule has 0 saturated carbocycles. The number of hydrogen-bond donors (Lipinski definition) is 6. The van der Waals surface area contributed by atoms with E-state index >= 15 is 4.79 Å². The SMILES string of the molecule is COCCOCCOCCOCCC1(C)/C(=C\C2=C(O)C(=C/C3=[N+](CCOCCOC)c4ccc5c(S(=O)(=O)O)cc(S(=O)(=O)O)cc5c4C3(C)CCCS(=O)(=O)O)/C2=O)N(CCCC(=O)ON2C(=O)CCC2=O)c2ccc3c(S(=O)(=O)O)cc(S(=O)(=O)O)cc3c21. The van der Waals surface area contributed by atoms with Gasteiger partial charge in [-0.3, -0.25) is 37.1 Å². The van der Waals surface area contributed by atoms with Gasteiger partial charge in [-0.25, -0.2) is 4.79 Å². The van der Waals surface area contributed by atoms with E-state index in [-0.39, 0.29) is 165 Å². The number of hydrogen-bond acceptors (Lipinski definition) is 23. The fourth-order valence-corrected chi connectivity index (χ4v) is 15.0. The largest absolute Gasteiger partial charge is 0.506 e. The second-order valence-electron chi connectivity index (χ2n) is 22.1. The normalized spacial score (nSPS) is 19.8. The monoisotopic (exact) mass is 1390 g/mol. The molecular formula is C57H68N3O27S5+. The number of carbonyl (C=O) groups excluding carboxylic acids is 4. The Morgan fingerprint density at radius 1 is 0.598 bits per heavy atom. The van der Waals surface area contributed by atoms with E-state index in [4.69, 9.17) is 33.3 Å². The smallest absolute Gasteiger partial charge is 0.333 e. The molecule has 6 N–H and O–H groups in total. The number of nitrogens with zero attached hydrogens (tertiary/aromatic N) is 3. The topological polar surface area (TPSA) is 434 Å². The van der Waals surface area contributed by atoms with Crippen molar-refractivity contribution in [1.29, 1.82) is 0 Å². The zero-order valence-electron chi connectivity index (χ0n) is 50.1. The Morgan fingerprint density at radius 2 is 1.11 bits per heavy atom. The number of methoxy groups -OCH3 is 2. The maximum atomic E-state index is 15.1. The third kappa shape index (κ3) is 15.5. The number of imide groups is 1. The molecule has 2 atom stereocenters. The summed E-state index contributed by atoms with van der Waals surface area (Å²) in [7, 11) is -22.7. The van der Waals surface area contributed by atoms with Crippen LogP contribution in [0.2, 0.25) is 0 Å². The second-order valence-corrected chi connectivity index (χ2v) is 29.3. The van der Waals surface area contributed by atoms with Gasteiger partial charge in [0.25, 0.3) is 62.4 Å². The average Bonchev–Trinajstić information content (AvgIpc) is 1.53. The number of ketones is 1. The van der Waals surface area contributed by atoms with Crippen molar-refractivity contribution >= 4 is 113 Å². The van der Waals surface area contributed by atoms with Crippen molar-refractivity contribution in [3.8, 4) is 0 Å². The van der Waals surface area contributed by atoms with Gasteiger partial charge in [0.2, 0.25) is 11.5 Å². The molecule has 3 heterocycles. The van der Waals surface area contributed by atoms with Crippen molar-refractivity contribution in [1.82, 2.24) is 5.06 Å². The number of amides is 2. The molecule has 4 aromatic carbocycles. The second kappa shape index (κ2) is 28.2. The molecule has 0 bridgehead atoms. The van der Waals surface area contributed by atoms with E-state index in [2.05, 4.69) is 0 Å². The van der Waals surface area contributed by atoms with Gasteiger partial charge in [-0.15, -0.1) is 5.06 Å². The lowest BCUT2D eigenvalue weighted by molar-refractivity contribution is -0.442. The van der Waals surface area contributed by atoms with Crippen LogP contribution in [0.1, 0.15) is 69.9 Å². The van der Waals surface area contributed by atoms with Crippen molar-refractivity contribution in [2.75, 3.05) is 104 Å². The number of aliphatic hydroxyl groups excluding tert-OH is 1. The number of rotatable bonds is 33. The zero-order valence-corrected chi connectivity index (χ0v) is 54.1. The molecule has 2 amide bonds. The van der Waals surface area contributed by atoms with Crippen molar-refractivity contribution in [3.63, 3.8) is 0 Å². The zero-order chi connectivity index (χ0) is 67.5. The summed E-state index contributed by atoms with van der Waals surface area (Å²) < 4.78 is 214. The molecule has 30 nitrogen and oxygen atoms in total. The Hall–Kier alpha value is -6.52. The first kappa shape index (κ1) is 71.3. The van der Waals surface area contributed by atoms with Gasteiger partial charge in [-0.1, -0.05) is 6.07 Å². The molecule has 0 aromatic heterocycles. The highest BCUT2D eigenvalue weighted by Crippen LogP contribution is 2.55. The average molecular weight is 1390 g/mol. The standard InChI is InChI=1S/C57H67N3O27S5/c1-56(14-6-28-88(66,67)68)47(59(17-19-84-22-20-81-3)44-11-9-37-39(52(44)56)29-35(89(69,70)71)31-45(37)91(75,76)77)33-41-54(64)42(55(41)65)34-48-57(2,15-18-83-24-25-86-27-26-85-23-21-82-4)53-40-30-36(90(72,73)74)32-46(92(78,79)80)38(40)8-10-43(53)58(48)16-5-7-51(63)87-60-49(61)12-13-50(60)62/h8-11,29-34H,5-7,12-28H2,1-4H3,(H5-,64,65,66,67,68,69,70,71,72,73,74,75,76,77,78,79,80)/p+1. The minimum atomic E-state index is -5.27. The lowest BCUT2D eigenvalue weighted by atomic mass is 9.72. The molecule has 3 aliphatic heterocycles. The maximum absolute atomic E-state index is 15.1. The van der Waals surface area contributed by atoms with Crippen molar-refractivity contribution < 1.29 is 127 Å². The molecule has 1 aliphatic carbocycles. The van der Waals surface area contributed by atoms with Crippen LogP contribution in [-0.4, -0.2) is 208 Å². The predicted molar refractivity (Wildman–Crippen MR) is 324 cm³/mol. The molecule has 8 rings (SSSR count). The molecule has 1 saturated heterocycles. The Morgan fingerprint density at radius 3 is 1.62 bits per heavy atom. The van der Waals surface area contributed by atoms with E-state index in [9.17, 15) is 84.3 Å². The van der Waals surface area contributed by atoms with Gasteiger partial charge in [0, 0.05) is 91.9 Å². The van der Waals surface area contributed by atoms with E-state index in [1.165, 1.54) is 57.6 Å². The first-order valence-electron chi connectivity index (χ1n) is 28.3. The number of anilines is 1. The Labute approximate surface area is 529 Å². The summed E-state index contributed by atoms with van der Waals surface area (Å²) >= 11 is 0. The summed E-state index contributed by atoms with van der Waals surface area (Å²) in [5.41, 5.74) is -3.21. The predicted octanol–water partition coefficient (Wildman–Crippen LogP) is 4.12. The van der Waals surface area contributed by atoms with Gasteiger partial charge in [-0.2, -0.15) is 46.7 Å². The molecule has 0 spiro atoms. The fraction of sp³-hybridized carbons (Fsp3) is 0.456. The number of hydroxylamine groups is 2. The van der Waals surface area contributed by atoms with E-state index < -0.39 is 128 Å². The van der Waals surface area contributed by atoms with Crippen LogP contribution in [0.15, 0.2) is 103 Å². The van der Waals surface area contributed by atoms with Crippen molar-refractivity contribution in [2.24, 2.45) is 0 Å². The van der Waals surface area contributed by atoms with Crippen LogP contribution >= 0.6 is 0 Å². The number of carbonyl (C=O) groups is 4. The Balaban J connectivity index is 1.32. The number of allylic oxidation sites excluding steroid dienone is 5. The first-order valence-corrected chi connectivity index (χ1v) is 35.7. The van der Waals surface area contributed by atoms with Crippen molar-refractivity contribution in [2.45, 2.75) is 89.2 Å². The van der Waals surface area contributed by atoms with Gasteiger partial charge in [0.1, 0.15) is 22.2 Å². The van der Waals surface area contributed by atoms with Crippen LogP contribution in [-0.2, 0) is 114 Å². The summed E-state index contributed by atoms with van der Waals surface area (Å²) in [5.74, 6) is -4.89. The lowest BCUT2D eigenvalue weighted by Crippen LogP contribution is -2.35. The molecule has 502 valence electrons. The molecule has 92 heavy (non-hydrogen) atoms. The van der Waals surface area contributed by atoms with Crippen LogP contribution in [0, 0.1) is 0 Å². The molecule has 1 fully saturated rings. The van der Waals surface area contributed by atoms with Crippen LogP contribution in [0.25, 0.3) is 21.5 Å². The number of benzene rings is 4. The third-order valence-electron chi connectivity index (χ3n) is 16.1. The highest BCUT2D eigenvalue weighted by molar-refractivity contribution is 7.87. The van der Waals surface area contributed by atoms with Gasteiger partial charge >= 0.3 is 5.97 Å². The summed E-state index contributed by atoms with van der Waals surface area (Å²) in [6.45, 7) is 3.96. The van der Waals surface area contributed by atoms with Gasteiger partial charge in [-0.05, 0) is 98.3 Å². The maximum Gasteiger partial charge on any atom is 0.333 e. The third-order valence-corrected chi connectivity index (χ3v) is 20.3. The number of aliphatic hydroxyl groups is 1. The van der Waals surface area contributed by atoms with Crippen LogP contribution in [0.3, 0.4) is 0 Å². The number of Topliss-reactive ketones (excluding diaryl/α,β-unsaturated/α-hetero) is 1. The van der Waals surface area contributed by atoms with Crippen LogP contribution in [0.4, 0.5) is 11.4 Å². The van der Waals surface area contributed by atoms with Crippen molar-refractivity contribution in [3.05, 3.63) is 94.4 Å². The molecular weight excluding hydrogens is 1320 g/mol. The molecule has 4 aliphatic rings. The Kier molecular flexibility index (Phi) is 21.9. The molecule has 35 heteroatoms. The highest BCUT2D eigenvalue weighted by Gasteiger charge is 2.52. The number of fused-ring (bicyclic) bond motifs is 6. The lowest BCUT2D eigenvalue weighted by Gasteiger charge is -2.32. The first-order chi connectivity index (χ1) is 43.1. The van der Waals surface area contributed by atoms with Gasteiger partial charge < -0.3 is 43.3 Å². The highest BCUT2D eigenvalue weighted by atomic mass is 32.2. The van der Waals surface area contributed by atoms with E-state index in [1.54, 1.807) is 16.4 Å². The van der Waals surface area contributed by atoms with E-state index in [0.717, 1.165) is 12.1 Å². The van der Waals surface area contributed by atoms with Gasteiger partial charge in [0.05, 0.1) is 85.0 Å². The van der Waals surface area contributed by atoms with Gasteiger partial charge in [0.15, 0.2) is 12.3 Å². The van der Waals surface area contributed by atoms with Crippen LogP contribution in [0.5, 0.6) is 0 Å². The quantitative estimate of drug-likeness (QED) is 0.0128. The summed E-state index contributed by atoms with van der Waals surface area (Å²) in [6, 6.07) is 8.32. The summed E-state index contributed by atoms with van der Waals surface area (Å²) in [6.07, 6.45) is 0.805. The summed E-state index contributed by atoms with van der Waals surface area (Å²) in [5, 5.41) is 11.9.